The van der Waals surface area contributed by atoms with Crippen molar-refractivity contribution in [3.63, 3.8) is 0 Å². The molecule has 98 valence electrons. The predicted octanol–water partition coefficient (Wildman–Crippen LogP) is 1.01. The Morgan fingerprint density at radius 3 is 2.88 bits per heavy atom. The number of hydrogen-bond acceptors (Lipinski definition) is 3. The van der Waals surface area contributed by atoms with Gasteiger partial charge in [-0.15, -0.1) is 0 Å². The summed E-state index contributed by atoms with van der Waals surface area (Å²) in [7, 11) is 0. The summed E-state index contributed by atoms with van der Waals surface area (Å²) in [6, 6.07) is 0. The first-order valence-electron chi connectivity index (χ1n) is 6.92. The maximum atomic E-state index is 12.3. The lowest BCUT2D eigenvalue weighted by molar-refractivity contribution is -0.137. The minimum atomic E-state index is 0.185. The SMILES string of the molecule is CCN(CC1CCCO1)C(=O)[C@@H]1CCCNC1. The number of piperidine rings is 1. The first-order chi connectivity index (χ1) is 8.31. The third-order valence-electron chi connectivity index (χ3n) is 3.79. The van der Waals surface area contributed by atoms with E-state index in [1.807, 2.05) is 4.90 Å². The van der Waals surface area contributed by atoms with Gasteiger partial charge in [-0.3, -0.25) is 4.79 Å². The van der Waals surface area contributed by atoms with Crippen LogP contribution >= 0.6 is 0 Å². The van der Waals surface area contributed by atoms with Crippen LogP contribution in [0, 0.1) is 5.92 Å². The van der Waals surface area contributed by atoms with E-state index in [-0.39, 0.29) is 12.0 Å². The normalized spacial score (nSPS) is 29.2. The molecule has 1 amide bonds. The van der Waals surface area contributed by atoms with E-state index in [1.54, 1.807) is 0 Å². The highest BCUT2D eigenvalue weighted by molar-refractivity contribution is 5.79. The first kappa shape index (κ1) is 12.8. The molecule has 1 N–H and O–H groups in total. The number of amides is 1. The molecule has 0 saturated carbocycles. The number of carbonyl (C=O) groups is 1. The van der Waals surface area contributed by atoms with Crippen LogP contribution in [-0.2, 0) is 9.53 Å². The average molecular weight is 240 g/mol. The Morgan fingerprint density at radius 2 is 2.29 bits per heavy atom. The molecule has 2 fully saturated rings. The fourth-order valence-electron chi connectivity index (χ4n) is 2.73. The van der Waals surface area contributed by atoms with Crippen molar-refractivity contribution < 1.29 is 9.53 Å². The summed E-state index contributed by atoms with van der Waals surface area (Å²) in [5.41, 5.74) is 0. The molecule has 4 heteroatoms. The van der Waals surface area contributed by atoms with E-state index in [0.29, 0.717) is 5.91 Å². The van der Waals surface area contributed by atoms with Gasteiger partial charge >= 0.3 is 0 Å². The fourth-order valence-corrected chi connectivity index (χ4v) is 2.73. The smallest absolute Gasteiger partial charge is 0.227 e. The Kier molecular flexibility index (Phi) is 4.80. The molecule has 0 aromatic carbocycles. The van der Waals surface area contributed by atoms with E-state index >= 15 is 0 Å². The van der Waals surface area contributed by atoms with Crippen molar-refractivity contribution in [2.45, 2.75) is 38.7 Å². The van der Waals surface area contributed by atoms with Crippen molar-refractivity contribution in [1.29, 1.82) is 0 Å². The monoisotopic (exact) mass is 240 g/mol. The van der Waals surface area contributed by atoms with Crippen LogP contribution in [-0.4, -0.2) is 49.7 Å². The van der Waals surface area contributed by atoms with Crippen LogP contribution in [0.5, 0.6) is 0 Å². The lowest BCUT2D eigenvalue weighted by Crippen LogP contribution is -2.45. The minimum Gasteiger partial charge on any atom is -0.376 e. The lowest BCUT2D eigenvalue weighted by atomic mass is 9.98. The van der Waals surface area contributed by atoms with Gasteiger partial charge in [-0.05, 0) is 39.2 Å². The third kappa shape index (κ3) is 3.42. The minimum absolute atomic E-state index is 0.185. The molecule has 4 nitrogen and oxygen atoms in total. The van der Waals surface area contributed by atoms with Gasteiger partial charge in [-0.25, -0.2) is 0 Å². The molecular weight excluding hydrogens is 216 g/mol. The third-order valence-corrected chi connectivity index (χ3v) is 3.79. The Bertz CT molecular complexity index is 246. The van der Waals surface area contributed by atoms with Gasteiger partial charge in [0.15, 0.2) is 0 Å². The van der Waals surface area contributed by atoms with Gasteiger partial charge in [-0.1, -0.05) is 0 Å². The van der Waals surface area contributed by atoms with Crippen molar-refractivity contribution in [3.05, 3.63) is 0 Å². The Labute approximate surface area is 104 Å². The second kappa shape index (κ2) is 6.36. The number of likely N-dealkylation sites (N-methyl/N-ethyl adjacent to an activating group) is 1. The quantitative estimate of drug-likeness (QED) is 0.797. The van der Waals surface area contributed by atoms with Crippen LogP contribution < -0.4 is 5.32 Å². The van der Waals surface area contributed by atoms with Crippen LogP contribution in [0.15, 0.2) is 0 Å². The Balaban J connectivity index is 1.84. The molecule has 2 atom stereocenters. The van der Waals surface area contributed by atoms with Gasteiger partial charge < -0.3 is 15.0 Å². The molecule has 0 aromatic rings. The summed E-state index contributed by atoms with van der Waals surface area (Å²) in [4.78, 5) is 14.3. The molecule has 0 aliphatic carbocycles. The summed E-state index contributed by atoms with van der Waals surface area (Å²) in [6.07, 6.45) is 4.67. The molecule has 2 heterocycles. The summed E-state index contributed by atoms with van der Waals surface area (Å²) >= 11 is 0. The number of ether oxygens (including phenoxy) is 1. The predicted molar refractivity (Wildman–Crippen MR) is 66.8 cm³/mol. The number of hydrogen-bond donors (Lipinski definition) is 1. The number of rotatable bonds is 4. The Hall–Kier alpha value is -0.610. The molecule has 0 radical (unpaired) electrons. The fraction of sp³-hybridized carbons (Fsp3) is 0.923. The number of nitrogens with zero attached hydrogens (tertiary/aromatic N) is 1. The van der Waals surface area contributed by atoms with Crippen LogP contribution in [0.1, 0.15) is 32.6 Å². The molecule has 2 saturated heterocycles. The topological polar surface area (TPSA) is 41.6 Å². The van der Waals surface area contributed by atoms with Crippen molar-refractivity contribution in [2.24, 2.45) is 5.92 Å². The second-order valence-electron chi connectivity index (χ2n) is 5.06. The van der Waals surface area contributed by atoms with Crippen LogP contribution in [0.4, 0.5) is 0 Å². The van der Waals surface area contributed by atoms with Gasteiger partial charge in [0.05, 0.1) is 12.0 Å². The van der Waals surface area contributed by atoms with E-state index in [0.717, 1.165) is 58.5 Å². The zero-order chi connectivity index (χ0) is 12.1. The molecule has 0 spiro atoms. The standard InChI is InChI=1S/C13H24N2O2/c1-2-15(10-12-6-4-8-17-12)13(16)11-5-3-7-14-9-11/h11-12,14H,2-10H2,1H3/t11-,12?/m1/s1. The van der Waals surface area contributed by atoms with E-state index in [9.17, 15) is 4.79 Å². The van der Waals surface area contributed by atoms with E-state index in [1.165, 1.54) is 0 Å². The lowest BCUT2D eigenvalue weighted by Gasteiger charge is -2.30. The van der Waals surface area contributed by atoms with E-state index in [2.05, 4.69) is 12.2 Å². The molecule has 0 bridgehead atoms. The maximum absolute atomic E-state index is 12.3. The van der Waals surface area contributed by atoms with Crippen LogP contribution in [0.2, 0.25) is 0 Å². The molecule has 2 rings (SSSR count). The highest BCUT2D eigenvalue weighted by Crippen LogP contribution is 2.17. The number of carbonyl (C=O) groups excluding carboxylic acids is 1. The summed E-state index contributed by atoms with van der Waals surface area (Å²) in [6.45, 7) is 6.41. The molecule has 2 aliphatic heterocycles. The van der Waals surface area contributed by atoms with Gasteiger partial charge in [0.25, 0.3) is 0 Å². The van der Waals surface area contributed by atoms with Crippen molar-refractivity contribution in [2.75, 3.05) is 32.8 Å². The molecule has 1 unspecified atom stereocenters. The highest BCUT2D eigenvalue weighted by Gasteiger charge is 2.27. The van der Waals surface area contributed by atoms with Crippen LogP contribution in [0.25, 0.3) is 0 Å². The van der Waals surface area contributed by atoms with Crippen molar-refractivity contribution in [3.8, 4) is 0 Å². The maximum Gasteiger partial charge on any atom is 0.227 e. The average Bonchev–Trinajstić information content (AvgIpc) is 2.89. The zero-order valence-electron chi connectivity index (χ0n) is 10.8. The second-order valence-corrected chi connectivity index (χ2v) is 5.06. The number of nitrogens with one attached hydrogen (secondary N) is 1. The van der Waals surface area contributed by atoms with Gasteiger partial charge in [0, 0.05) is 26.2 Å². The van der Waals surface area contributed by atoms with E-state index < -0.39 is 0 Å². The zero-order valence-corrected chi connectivity index (χ0v) is 10.8. The molecule has 0 aromatic heterocycles. The van der Waals surface area contributed by atoms with E-state index in [4.69, 9.17) is 4.74 Å². The van der Waals surface area contributed by atoms with Crippen molar-refractivity contribution >= 4 is 5.91 Å². The summed E-state index contributed by atoms with van der Waals surface area (Å²) < 4.78 is 5.61. The first-order valence-corrected chi connectivity index (χ1v) is 6.92. The molecular formula is C13H24N2O2. The molecule has 17 heavy (non-hydrogen) atoms. The summed E-state index contributed by atoms with van der Waals surface area (Å²) in [5.74, 6) is 0.500. The van der Waals surface area contributed by atoms with Gasteiger partial charge in [0.1, 0.15) is 0 Å². The highest BCUT2D eigenvalue weighted by atomic mass is 16.5. The Morgan fingerprint density at radius 1 is 1.41 bits per heavy atom. The summed E-state index contributed by atoms with van der Waals surface area (Å²) in [5, 5.41) is 3.31. The van der Waals surface area contributed by atoms with Crippen LogP contribution in [0.3, 0.4) is 0 Å². The molecule has 2 aliphatic rings. The van der Waals surface area contributed by atoms with Crippen molar-refractivity contribution in [1.82, 2.24) is 10.2 Å². The van der Waals surface area contributed by atoms with Gasteiger partial charge in [-0.2, -0.15) is 0 Å². The largest absolute Gasteiger partial charge is 0.376 e. The van der Waals surface area contributed by atoms with Gasteiger partial charge in [0.2, 0.25) is 5.91 Å².